The molecule has 0 spiro atoms. The van der Waals surface area contributed by atoms with Gasteiger partial charge in [-0.25, -0.2) is 0 Å². The van der Waals surface area contributed by atoms with Gasteiger partial charge in [-0.15, -0.1) is 5.10 Å². The van der Waals surface area contributed by atoms with E-state index >= 15 is 0 Å². The van der Waals surface area contributed by atoms with Gasteiger partial charge in [-0.3, -0.25) is 4.79 Å². The summed E-state index contributed by atoms with van der Waals surface area (Å²) in [6, 6.07) is 13.4. The second-order valence-corrected chi connectivity index (χ2v) is 2.48. The van der Waals surface area contributed by atoms with E-state index in [1.165, 1.54) is 12.3 Å². The van der Waals surface area contributed by atoms with Crippen molar-refractivity contribution in [2.24, 2.45) is 0 Å². The fourth-order valence-electron chi connectivity index (χ4n) is 0.715. The predicted octanol–water partition coefficient (Wildman–Crippen LogP) is 0.271. The molecule has 16 heavy (non-hydrogen) atoms. The van der Waals surface area contributed by atoms with Crippen molar-refractivity contribution in [3.8, 4) is 0 Å². The van der Waals surface area contributed by atoms with Gasteiger partial charge >= 0.3 is 0 Å². The summed E-state index contributed by atoms with van der Waals surface area (Å²) in [4.78, 5) is 11.0. The van der Waals surface area contributed by atoms with Gasteiger partial charge in [-0.1, -0.05) is 41.5 Å². The highest BCUT2D eigenvalue weighted by Crippen LogP contribution is 1.74. The Hall–Kier alpha value is -2.50. The van der Waals surface area contributed by atoms with E-state index in [4.69, 9.17) is 0 Å². The smallest absolute Gasteiger partial charge is 0.266 e. The normalized spacial score (nSPS) is 8.25. The van der Waals surface area contributed by atoms with Crippen LogP contribution in [0.1, 0.15) is 0 Å². The zero-order chi connectivity index (χ0) is 11.5. The summed E-state index contributed by atoms with van der Waals surface area (Å²) in [6.07, 6.45) is 1.44. The molecular weight excluding hydrogens is 206 g/mol. The van der Waals surface area contributed by atoms with Crippen molar-refractivity contribution in [3.63, 3.8) is 0 Å². The van der Waals surface area contributed by atoms with Gasteiger partial charge in [0.1, 0.15) is 0 Å². The van der Waals surface area contributed by atoms with Crippen molar-refractivity contribution in [2.75, 3.05) is 0 Å². The quantitative estimate of drug-likeness (QED) is 0.617. The topological polar surface area (TPSA) is 81.5 Å². The lowest BCUT2D eigenvalue weighted by molar-refractivity contribution is 0.726. The van der Waals surface area contributed by atoms with E-state index in [9.17, 15) is 4.79 Å². The summed E-state index contributed by atoms with van der Waals surface area (Å²) in [5.41, 5.74) is -0.510. The van der Waals surface area contributed by atoms with E-state index in [0.29, 0.717) is 0 Å². The van der Waals surface area contributed by atoms with Gasteiger partial charge in [0.05, 0.1) is 6.20 Å². The first-order valence-corrected chi connectivity index (χ1v) is 4.44. The third-order valence-electron chi connectivity index (χ3n) is 1.33. The Balaban J connectivity index is 3.17. The van der Waals surface area contributed by atoms with Crippen molar-refractivity contribution in [1.82, 2.24) is 25.8 Å². The van der Waals surface area contributed by atoms with Crippen LogP contribution in [0.3, 0.4) is 0 Å². The molecule has 6 nitrogen and oxygen atoms in total. The van der Waals surface area contributed by atoms with Crippen LogP contribution in [-0.4, -0.2) is 25.8 Å². The van der Waals surface area contributed by atoms with E-state index in [0.717, 1.165) is 0 Å². The Morgan fingerprint density at radius 1 is 0.750 bits per heavy atom. The molecule has 1 rings (SSSR count). The number of aromatic nitrogens is 5. The fourth-order valence-corrected chi connectivity index (χ4v) is 0.715. The van der Waals surface area contributed by atoms with Crippen molar-refractivity contribution in [3.05, 3.63) is 65.1 Å². The summed E-state index contributed by atoms with van der Waals surface area (Å²) >= 11 is 0. The molecule has 0 unspecified atom stereocenters. The molecule has 1 heterocycles. The number of rotatable bonds is 0. The van der Waals surface area contributed by atoms with Gasteiger partial charge in [0.15, 0.2) is 0 Å². The van der Waals surface area contributed by atoms with Gasteiger partial charge in [-0.05, 0) is 21.7 Å². The van der Waals surface area contributed by atoms with E-state index in [-0.39, 0.29) is 0 Å². The minimum Gasteiger partial charge on any atom is -0.266 e. The molecule has 0 bridgehead atoms. The minimum absolute atomic E-state index is 0.510. The van der Waals surface area contributed by atoms with Gasteiger partial charge in [0.2, 0.25) is 0 Å². The van der Waals surface area contributed by atoms with Crippen LogP contribution in [0.2, 0.25) is 0 Å². The summed E-state index contributed by atoms with van der Waals surface area (Å²) in [6.45, 7) is 0. The molecule has 0 atom stereocenters. The highest BCUT2D eigenvalue weighted by atomic mass is 16.1. The first-order valence-electron chi connectivity index (χ1n) is 4.44. The molecule has 0 saturated carbocycles. The average molecular weight is 215 g/mol. The van der Waals surface area contributed by atoms with Crippen LogP contribution in [0.4, 0.5) is 0 Å². The van der Waals surface area contributed by atoms with Crippen LogP contribution < -0.4 is 5.56 Å². The summed E-state index contributed by atoms with van der Waals surface area (Å²) in [5.74, 6) is 0. The maximum atomic E-state index is 11.0. The molecule has 0 amide bonds. The molecular formula is C10H9N5O. The van der Waals surface area contributed by atoms with E-state index in [1.54, 1.807) is 30.3 Å². The molecule has 1 aromatic rings. The Bertz CT molecular complexity index is 449. The number of hydrogen-bond donors (Lipinski definition) is 0. The van der Waals surface area contributed by atoms with Crippen molar-refractivity contribution >= 4 is 0 Å². The third kappa shape index (κ3) is 6.03. The van der Waals surface area contributed by atoms with Gasteiger partial charge in [0, 0.05) is 6.07 Å². The highest BCUT2D eigenvalue weighted by molar-refractivity contribution is 4.94. The minimum atomic E-state index is -0.510. The second kappa shape index (κ2) is 7.86. The Morgan fingerprint density at radius 3 is 2.25 bits per heavy atom. The second-order valence-electron chi connectivity index (χ2n) is 2.48. The SMILES string of the molecule is O=c1cccccccccnnnnn1. The Labute approximate surface area is 91.7 Å². The van der Waals surface area contributed by atoms with Crippen LogP contribution in [0.15, 0.2) is 59.5 Å². The van der Waals surface area contributed by atoms with Crippen molar-refractivity contribution in [1.29, 1.82) is 0 Å². The maximum absolute atomic E-state index is 11.0. The molecule has 0 aliphatic carbocycles. The van der Waals surface area contributed by atoms with Crippen LogP contribution in [-0.2, 0) is 0 Å². The van der Waals surface area contributed by atoms with E-state index in [1.807, 2.05) is 12.1 Å². The summed E-state index contributed by atoms with van der Waals surface area (Å²) in [5, 5.41) is 16.4. The average Bonchev–Trinajstić information content (AvgIpc) is 2.29. The molecule has 0 N–H and O–H groups in total. The molecule has 0 aliphatic heterocycles. The molecule has 0 aliphatic rings. The molecule has 0 fully saturated rings. The van der Waals surface area contributed by atoms with E-state index < -0.39 is 5.56 Å². The van der Waals surface area contributed by atoms with Crippen LogP contribution in [0.5, 0.6) is 0 Å². The lowest BCUT2D eigenvalue weighted by Gasteiger charge is -1.65. The lowest BCUT2D eigenvalue weighted by Crippen LogP contribution is -2.02. The molecule has 80 valence electrons. The standard InChI is InChI=1S/C10H9N5O/c16-10-8-6-4-2-1-3-5-7-9-11-13-15-14-12-10/h1-9H. The first-order chi connectivity index (χ1) is 7.89. The van der Waals surface area contributed by atoms with E-state index in [2.05, 4.69) is 25.8 Å². The maximum Gasteiger partial charge on any atom is 0.290 e. The molecule has 0 saturated heterocycles. The first kappa shape index (κ1) is 11.6. The number of nitrogens with zero attached hydrogens (tertiary/aromatic N) is 5. The van der Waals surface area contributed by atoms with Crippen molar-refractivity contribution < 1.29 is 0 Å². The molecule has 0 radical (unpaired) electrons. The largest absolute Gasteiger partial charge is 0.290 e. The monoisotopic (exact) mass is 215 g/mol. The van der Waals surface area contributed by atoms with Crippen LogP contribution >= 0.6 is 0 Å². The number of hydrogen-bond acceptors (Lipinski definition) is 6. The van der Waals surface area contributed by atoms with Crippen molar-refractivity contribution in [2.45, 2.75) is 0 Å². The summed E-state index contributed by atoms with van der Waals surface area (Å²) in [7, 11) is 0. The molecule has 1 aromatic heterocycles. The molecule has 0 aromatic carbocycles. The lowest BCUT2D eigenvalue weighted by atomic mass is 10.4. The fraction of sp³-hybridized carbons (Fsp3) is 0. The van der Waals surface area contributed by atoms with Crippen LogP contribution in [0.25, 0.3) is 0 Å². The van der Waals surface area contributed by atoms with Gasteiger partial charge in [0.25, 0.3) is 5.56 Å². The molecule has 6 heteroatoms. The third-order valence-corrected chi connectivity index (χ3v) is 1.33. The summed E-state index contributed by atoms with van der Waals surface area (Å²) < 4.78 is 0. The van der Waals surface area contributed by atoms with Gasteiger partial charge < -0.3 is 0 Å². The Kier molecular flexibility index (Phi) is 5.69. The zero-order valence-electron chi connectivity index (χ0n) is 8.34. The van der Waals surface area contributed by atoms with Crippen LogP contribution in [0, 0.1) is 0 Å². The van der Waals surface area contributed by atoms with Gasteiger partial charge in [-0.2, -0.15) is 0 Å². The Morgan fingerprint density at radius 2 is 1.44 bits per heavy atom. The predicted molar refractivity (Wildman–Crippen MR) is 56.9 cm³/mol. The zero-order valence-corrected chi connectivity index (χ0v) is 8.34. The highest BCUT2D eigenvalue weighted by Gasteiger charge is 1.71.